The fraction of sp³-hybridized carbons (Fsp3) is 0.393. The molecule has 0 amide bonds. The summed E-state index contributed by atoms with van der Waals surface area (Å²) in [5.41, 5.74) is 1.93. The molecule has 0 spiro atoms. The Morgan fingerprint density at radius 2 is 1.91 bits per heavy atom. The van der Waals surface area contributed by atoms with Gasteiger partial charge in [-0.3, -0.25) is 14.3 Å². The fourth-order valence-corrected chi connectivity index (χ4v) is 5.09. The summed E-state index contributed by atoms with van der Waals surface area (Å²) in [5.74, 6) is 6.01. The van der Waals surface area contributed by atoms with Crippen LogP contribution in [0.4, 0.5) is 10.1 Å². The molecule has 170 valence electrons. The molecule has 0 aliphatic carbocycles. The minimum Gasteiger partial charge on any atom is -0.368 e. The molecule has 3 aromatic rings. The summed E-state index contributed by atoms with van der Waals surface area (Å²) in [6, 6.07) is 13.2. The lowest BCUT2D eigenvalue weighted by molar-refractivity contribution is 0.260. The van der Waals surface area contributed by atoms with Crippen LogP contribution in [0.15, 0.2) is 53.5 Å². The summed E-state index contributed by atoms with van der Waals surface area (Å²) in [4.78, 5) is 17.8. The van der Waals surface area contributed by atoms with Gasteiger partial charge in [-0.15, -0.1) is 0 Å². The first-order valence-electron chi connectivity index (χ1n) is 12.1. The second-order valence-corrected chi connectivity index (χ2v) is 9.11. The largest absolute Gasteiger partial charge is 0.368 e. The van der Waals surface area contributed by atoms with E-state index in [1.807, 2.05) is 36.4 Å². The number of benzene rings is 2. The smallest absolute Gasteiger partial charge is 0.262 e. The number of hydrogen-bond acceptors (Lipinski definition) is 3. The van der Waals surface area contributed by atoms with Crippen LogP contribution < -0.4 is 10.5 Å². The molecular formula is C28H30FN3O. The van der Waals surface area contributed by atoms with Crippen molar-refractivity contribution >= 4 is 16.5 Å². The van der Waals surface area contributed by atoms with Gasteiger partial charge >= 0.3 is 0 Å². The Morgan fingerprint density at radius 1 is 1.06 bits per heavy atom. The lowest BCUT2D eigenvalue weighted by atomic mass is 10.1. The molecule has 4 nitrogen and oxygen atoms in total. The first-order chi connectivity index (χ1) is 16.1. The lowest BCUT2D eigenvalue weighted by Gasteiger charge is -2.25. The van der Waals surface area contributed by atoms with Crippen molar-refractivity contribution in [3.05, 3.63) is 70.4 Å². The van der Waals surface area contributed by atoms with E-state index in [2.05, 4.69) is 28.6 Å². The van der Waals surface area contributed by atoms with Crippen LogP contribution >= 0.6 is 0 Å². The van der Waals surface area contributed by atoms with Crippen LogP contribution in [-0.2, 0) is 0 Å². The Bertz CT molecular complexity index is 1280. The Hall–Kier alpha value is -3.10. The summed E-state index contributed by atoms with van der Waals surface area (Å²) in [6.07, 6.45) is 7.23. The molecule has 2 aliphatic rings. The first-order valence-corrected chi connectivity index (χ1v) is 12.1. The van der Waals surface area contributed by atoms with Crippen molar-refractivity contribution < 1.29 is 4.39 Å². The molecule has 0 unspecified atom stereocenters. The quantitative estimate of drug-likeness (QED) is 0.534. The molecule has 2 aromatic carbocycles. The van der Waals surface area contributed by atoms with Crippen molar-refractivity contribution in [1.82, 2.24) is 9.47 Å². The van der Waals surface area contributed by atoms with Crippen molar-refractivity contribution in [2.75, 3.05) is 31.1 Å². The highest BCUT2D eigenvalue weighted by Gasteiger charge is 2.30. The van der Waals surface area contributed by atoms with Gasteiger partial charge in [0.25, 0.3) is 5.56 Å². The summed E-state index contributed by atoms with van der Waals surface area (Å²) in [5, 5.41) is 1.46. The Balaban J connectivity index is 1.39. The van der Waals surface area contributed by atoms with E-state index in [1.165, 1.54) is 23.5 Å². The summed E-state index contributed by atoms with van der Waals surface area (Å²) in [7, 11) is 0. The van der Waals surface area contributed by atoms with Gasteiger partial charge in [-0.25, -0.2) is 4.39 Å². The third-order valence-electron chi connectivity index (χ3n) is 6.88. The standard InChI is InChI=1S/C28H30FN3O/c1-2-3-4-7-21-8-10-25-22(18-21)12-17-32(28(25)33)23-9-11-27(26(29)19-23)31-16-13-24(20-31)30-14-5-6-15-30/h8-12,17-19,24H,2-3,5-6,13-16,20H2,1H3/t24-/m1/s1. The number of hydrogen-bond donors (Lipinski definition) is 0. The van der Waals surface area contributed by atoms with Crippen LogP contribution in [0.3, 0.4) is 0 Å². The third-order valence-corrected chi connectivity index (χ3v) is 6.88. The predicted molar refractivity (Wildman–Crippen MR) is 133 cm³/mol. The maximum Gasteiger partial charge on any atom is 0.262 e. The fourth-order valence-electron chi connectivity index (χ4n) is 5.09. The SMILES string of the molecule is CCCC#Cc1ccc2c(=O)n(-c3ccc(N4CC[C@@H](N5CCCC5)C4)c(F)c3)ccc2c1. The zero-order chi connectivity index (χ0) is 22.8. The summed E-state index contributed by atoms with van der Waals surface area (Å²) in [6.45, 7) is 6.17. The maximum absolute atomic E-state index is 15.2. The van der Waals surface area contributed by atoms with Gasteiger partial charge in [-0.1, -0.05) is 18.8 Å². The van der Waals surface area contributed by atoms with Crippen molar-refractivity contribution in [2.45, 2.75) is 45.1 Å². The molecule has 2 aliphatic heterocycles. The van der Waals surface area contributed by atoms with Gasteiger partial charge in [0.05, 0.1) is 11.4 Å². The second-order valence-electron chi connectivity index (χ2n) is 9.11. The van der Waals surface area contributed by atoms with Crippen molar-refractivity contribution in [1.29, 1.82) is 0 Å². The zero-order valence-electron chi connectivity index (χ0n) is 19.2. The highest BCUT2D eigenvalue weighted by atomic mass is 19.1. The van der Waals surface area contributed by atoms with E-state index in [1.54, 1.807) is 6.20 Å². The van der Waals surface area contributed by atoms with E-state index in [0.29, 0.717) is 22.8 Å². The first kappa shape index (κ1) is 21.7. The molecule has 33 heavy (non-hydrogen) atoms. The summed E-state index contributed by atoms with van der Waals surface area (Å²) >= 11 is 0. The van der Waals surface area contributed by atoms with Gasteiger partial charge in [-0.2, -0.15) is 0 Å². The number of pyridine rings is 1. The number of fused-ring (bicyclic) bond motifs is 1. The Morgan fingerprint density at radius 3 is 2.70 bits per heavy atom. The molecule has 2 fully saturated rings. The topological polar surface area (TPSA) is 28.5 Å². The van der Waals surface area contributed by atoms with E-state index in [4.69, 9.17) is 0 Å². The van der Waals surface area contributed by atoms with Crippen LogP contribution in [-0.4, -0.2) is 41.7 Å². The molecule has 0 bridgehead atoms. The maximum atomic E-state index is 15.2. The normalized spacial score (nSPS) is 18.6. The van der Waals surface area contributed by atoms with Crippen molar-refractivity contribution in [2.24, 2.45) is 0 Å². The van der Waals surface area contributed by atoms with Gasteiger partial charge in [0.15, 0.2) is 0 Å². The highest BCUT2D eigenvalue weighted by molar-refractivity contribution is 5.83. The average Bonchev–Trinajstić information content (AvgIpc) is 3.52. The van der Waals surface area contributed by atoms with E-state index >= 15 is 4.39 Å². The molecule has 2 saturated heterocycles. The second kappa shape index (κ2) is 9.41. The zero-order valence-corrected chi connectivity index (χ0v) is 19.2. The van der Waals surface area contributed by atoms with Crippen molar-refractivity contribution in [3.63, 3.8) is 0 Å². The van der Waals surface area contributed by atoms with E-state index < -0.39 is 0 Å². The molecule has 0 N–H and O–H groups in total. The third kappa shape index (κ3) is 4.41. The number of anilines is 1. The molecule has 0 radical (unpaired) electrons. The van der Waals surface area contributed by atoms with Crippen LogP contribution in [0.5, 0.6) is 0 Å². The lowest BCUT2D eigenvalue weighted by Crippen LogP contribution is -2.35. The molecule has 3 heterocycles. The number of aromatic nitrogens is 1. The molecule has 5 rings (SSSR count). The van der Waals surface area contributed by atoms with Gasteiger partial charge in [0, 0.05) is 48.8 Å². The van der Waals surface area contributed by atoms with Crippen LogP contribution in [0.2, 0.25) is 0 Å². The highest BCUT2D eigenvalue weighted by Crippen LogP contribution is 2.28. The van der Waals surface area contributed by atoms with E-state index in [0.717, 1.165) is 56.4 Å². The predicted octanol–water partition coefficient (Wildman–Crippen LogP) is 4.96. The number of unbranched alkanes of at least 4 members (excludes halogenated alkanes) is 1. The number of halogens is 1. The number of nitrogens with zero attached hydrogens (tertiary/aromatic N) is 3. The minimum absolute atomic E-state index is 0.150. The van der Waals surface area contributed by atoms with Crippen LogP contribution in [0.1, 0.15) is 44.6 Å². The number of likely N-dealkylation sites (tertiary alicyclic amines) is 1. The van der Waals surface area contributed by atoms with Crippen LogP contribution in [0.25, 0.3) is 16.5 Å². The van der Waals surface area contributed by atoms with Gasteiger partial charge in [0.2, 0.25) is 0 Å². The van der Waals surface area contributed by atoms with E-state index in [-0.39, 0.29) is 11.4 Å². The van der Waals surface area contributed by atoms with Crippen LogP contribution in [0, 0.1) is 17.7 Å². The molecule has 1 atom stereocenters. The number of rotatable bonds is 4. The molecule has 0 saturated carbocycles. The van der Waals surface area contributed by atoms with Gasteiger partial charge < -0.3 is 4.90 Å². The Kier molecular flexibility index (Phi) is 6.20. The molecule has 5 heteroatoms. The molecule has 1 aromatic heterocycles. The Labute approximate surface area is 194 Å². The van der Waals surface area contributed by atoms with Crippen molar-refractivity contribution in [3.8, 4) is 17.5 Å². The van der Waals surface area contributed by atoms with Gasteiger partial charge in [0.1, 0.15) is 5.82 Å². The minimum atomic E-state index is -0.275. The molecular weight excluding hydrogens is 413 g/mol. The summed E-state index contributed by atoms with van der Waals surface area (Å²) < 4.78 is 16.7. The van der Waals surface area contributed by atoms with Gasteiger partial charge in [-0.05, 0) is 80.6 Å². The monoisotopic (exact) mass is 443 g/mol. The average molecular weight is 444 g/mol. The van der Waals surface area contributed by atoms with E-state index in [9.17, 15) is 4.79 Å².